The van der Waals surface area contributed by atoms with E-state index in [-0.39, 0.29) is 29.5 Å². The van der Waals surface area contributed by atoms with Crippen molar-refractivity contribution in [2.24, 2.45) is 7.05 Å². The normalized spacial score (nSPS) is 16.4. The van der Waals surface area contributed by atoms with E-state index in [1.165, 1.54) is 7.05 Å². The highest BCUT2D eigenvalue weighted by Gasteiger charge is 2.37. The second-order valence-corrected chi connectivity index (χ2v) is 6.40. The van der Waals surface area contributed by atoms with Crippen molar-refractivity contribution in [2.75, 3.05) is 18.9 Å². The Kier molecular flexibility index (Phi) is 5.25. The number of hydrogen-bond donors (Lipinski definition) is 1. The summed E-state index contributed by atoms with van der Waals surface area (Å²) in [5.74, 6) is -0.297. The highest BCUT2D eigenvalue weighted by atomic mass is 32.2. The van der Waals surface area contributed by atoms with Gasteiger partial charge in [-0.05, 0) is 12.1 Å². The summed E-state index contributed by atoms with van der Waals surface area (Å²) >= 11 is 0.873. The number of aromatic nitrogens is 3. The van der Waals surface area contributed by atoms with Gasteiger partial charge in [-0.3, -0.25) is 4.79 Å². The van der Waals surface area contributed by atoms with Crippen molar-refractivity contribution in [3.63, 3.8) is 0 Å². The average Bonchev–Trinajstić information content (AvgIpc) is 2.99. The molecule has 0 radical (unpaired) electrons. The summed E-state index contributed by atoms with van der Waals surface area (Å²) in [6.07, 6.45) is -4.93. The number of carbonyl (C=O) groups excluding carboxylic acids is 1. The third-order valence-corrected chi connectivity index (χ3v) is 4.54. The molecule has 0 fully saturated rings. The molecular weight excluding hydrogens is 373 g/mol. The fraction of sp³-hybridized carbons (Fsp3) is 0.400. The van der Waals surface area contributed by atoms with Crippen molar-refractivity contribution in [1.29, 1.82) is 0 Å². The smallest absolute Gasteiger partial charge is 0.451 e. The largest absolute Gasteiger partial charge is 0.486 e. The number of alkyl halides is 3. The van der Waals surface area contributed by atoms with Gasteiger partial charge in [0.2, 0.25) is 11.7 Å². The van der Waals surface area contributed by atoms with Gasteiger partial charge in [-0.15, -0.1) is 10.2 Å². The van der Waals surface area contributed by atoms with Gasteiger partial charge >= 0.3 is 6.18 Å². The Morgan fingerprint density at radius 2 is 2.08 bits per heavy atom. The van der Waals surface area contributed by atoms with Crippen molar-refractivity contribution in [1.82, 2.24) is 20.1 Å². The van der Waals surface area contributed by atoms with Crippen LogP contribution in [0.4, 0.5) is 13.2 Å². The summed E-state index contributed by atoms with van der Waals surface area (Å²) in [6.45, 7) is 0.517. The number of para-hydroxylation sites is 2. The van der Waals surface area contributed by atoms with Gasteiger partial charge < -0.3 is 19.4 Å². The number of benzene rings is 1. The van der Waals surface area contributed by atoms with Crippen LogP contribution in [0.15, 0.2) is 29.4 Å². The maximum Gasteiger partial charge on any atom is 0.451 e. The number of halogens is 3. The Labute approximate surface area is 150 Å². The third-order valence-electron chi connectivity index (χ3n) is 3.52. The number of thioether (sulfide) groups is 1. The Morgan fingerprint density at radius 3 is 2.77 bits per heavy atom. The number of nitrogens with one attached hydrogen (secondary N) is 1. The maximum absolute atomic E-state index is 12.7. The van der Waals surface area contributed by atoms with E-state index in [2.05, 4.69) is 15.5 Å². The molecule has 2 aromatic rings. The van der Waals surface area contributed by atoms with Gasteiger partial charge in [-0.1, -0.05) is 23.9 Å². The predicted octanol–water partition coefficient (Wildman–Crippen LogP) is 1.88. The monoisotopic (exact) mass is 388 g/mol. The number of amides is 1. The predicted molar refractivity (Wildman–Crippen MR) is 86.1 cm³/mol. The lowest BCUT2D eigenvalue weighted by Crippen LogP contribution is -2.41. The maximum atomic E-state index is 12.7. The lowest BCUT2D eigenvalue weighted by atomic mass is 10.2. The zero-order valence-electron chi connectivity index (χ0n) is 13.6. The quantitative estimate of drug-likeness (QED) is 0.788. The van der Waals surface area contributed by atoms with E-state index in [1.807, 2.05) is 12.1 Å². The summed E-state index contributed by atoms with van der Waals surface area (Å²) < 4.78 is 50.0. The van der Waals surface area contributed by atoms with Crippen molar-refractivity contribution >= 4 is 17.7 Å². The fourth-order valence-corrected chi connectivity index (χ4v) is 3.00. The SMILES string of the molecule is Cn1c(SCC(=O)NC[C@H]2COc3ccccc3O2)nnc1C(F)(F)F. The van der Waals surface area contributed by atoms with Gasteiger partial charge in [0.15, 0.2) is 16.7 Å². The molecule has 140 valence electrons. The van der Waals surface area contributed by atoms with Crippen LogP contribution < -0.4 is 14.8 Å². The topological polar surface area (TPSA) is 78.3 Å². The van der Waals surface area contributed by atoms with Crippen LogP contribution in [0.2, 0.25) is 0 Å². The molecule has 1 atom stereocenters. The van der Waals surface area contributed by atoms with E-state index >= 15 is 0 Å². The first kappa shape index (κ1) is 18.4. The summed E-state index contributed by atoms with van der Waals surface area (Å²) in [5, 5.41) is 9.24. The van der Waals surface area contributed by atoms with Gasteiger partial charge in [0.1, 0.15) is 12.7 Å². The van der Waals surface area contributed by atoms with Crippen LogP contribution in [-0.2, 0) is 18.0 Å². The van der Waals surface area contributed by atoms with Crippen LogP contribution in [0.3, 0.4) is 0 Å². The Bertz CT molecular complexity index is 797. The van der Waals surface area contributed by atoms with Crippen molar-refractivity contribution in [3.05, 3.63) is 30.1 Å². The van der Waals surface area contributed by atoms with Crippen LogP contribution >= 0.6 is 11.8 Å². The molecule has 1 aromatic heterocycles. The molecule has 3 rings (SSSR count). The minimum absolute atomic E-state index is 0.0126. The molecule has 0 saturated carbocycles. The van der Waals surface area contributed by atoms with E-state index in [9.17, 15) is 18.0 Å². The number of rotatable bonds is 5. The van der Waals surface area contributed by atoms with E-state index in [4.69, 9.17) is 9.47 Å². The van der Waals surface area contributed by atoms with Crippen LogP contribution in [0.5, 0.6) is 11.5 Å². The molecule has 0 unspecified atom stereocenters. The number of carbonyl (C=O) groups is 1. The first-order valence-corrected chi connectivity index (χ1v) is 8.57. The summed E-state index contributed by atoms with van der Waals surface area (Å²) in [5.41, 5.74) is 0. The van der Waals surface area contributed by atoms with Crippen molar-refractivity contribution in [2.45, 2.75) is 17.4 Å². The zero-order valence-corrected chi connectivity index (χ0v) is 14.4. The molecule has 0 saturated heterocycles. The lowest BCUT2D eigenvalue weighted by Gasteiger charge is -2.26. The molecule has 1 N–H and O–H groups in total. The molecule has 0 bridgehead atoms. The summed E-state index contributed by atoms with van der Waals surface area (Å²) in [6, 6.07) is 7.20. The van der Waals surface area contributed by atoms with Crippen LogP contribution in [0, 0.1) is 0 Å². The fourth-order valence-electron chi connectivity index (χ4n) is 2.26. The minimum atomic E-state index is -4.59. The van der Waals surface area contributed by atoms with E-state index in [0.29, 0.717) is 18.1 Å². The van der Waals surface area contributed by atoms with Crippen LogP contribution in [-0.4, -0.2) is 45.7 Å². The van der Waals surface area contributed by atoms with Crippen LogP contribution in [0.25, 0.3) is 0 Å². The molecule has 1 aromatic carbocycles. The second kappa shape index (κ2) is 7.44. The molecule has 26 heavy (non-hydrogen) atoms. The second-order valence-electron chi connectivity index (χ2n) is 5.45. The molecule has 7 nitrogen and oxygen atoms in total. The summed E-state index contributed by atoms with van der Waals surface area (Å²) in [4.78, 5) is 11.9. The molecular formula is C15H15F3N4O3S. The summed E-state index contributed by atoms with van der Waals surface area (Å²) in [7, 11) is 1.20. The number of ether oxygens (including phenoxy) is 2. The lowest BCUT2D eigenvalue weighted by molar-refractivity contribution is -0.147. The van der Waals surface area contributed by atoms with E-state index in [0.717, 1.165) is 16.3 Å². The minimum Gasteiger partial charge on any atom is -0.486 e. The molecule has 0 spiro atoms. The van der Waals surface area contributed by atoms with Crippen molar-refractivity contribution in [3.8, 4) is 11.5 Å². The van der Waals surface area contributed by atoms with Gasteiger partial charge in [-0.25, -0.2) is 0 Å². The molecule has 2 heterocycles. The first-order chi connectivity index (χ1) is 12.3. The zero-order chi connectivity index (χ0) is 18.7. The standard InChI is InChI=1S/C15H15F3N4O3S/c1-22-13(15(16,17)18)20-21-14(22)26-8-12(23)19-6-9-7-24-10-4-2-3-5-11(10)25-9/h2-5,9H,6-8H2,1H3,(H,19,23)/t9-/m0/s1. The number of fused-ring (bicyclic) bond motifs is 1. The van der Waals surface area contributed by atoms with E-state index < -0.39 is 12.0 Å². The molecule has 1 aliphatic rings. The molecule has 1 aliphatic heterocycles. The van der Waals surface area contributed by atoms with Gasteiger partial charge in [0.05, 0.1) is 12.3 Å². The highest BCUT2D eigenvalue weighted by molar-refractivity contribution is 7.99. The van der Waals surface area contributed by atoms with Crippen molar-refractivity contribution < 1.29 is 27.4 Å². The van der Waals surface area contributed by atoms with Gasteiger partial charge in [0, 0.05) is 7.05 Å². The van der Waals surface area contributed by atoms with E-state index in [1.54, 1.807) is 12.1 Å². The molecule has 0 aliphatic carbocycles. The molecule has 11 heteroatoms. The Morgan fingerprint density at radius 1 is 1.35 bits per heavy atom. The average molecular weight is 388 g/mol. The number of nitrogens with zero attached hydrogens (tertiary/aromatic N) is 3. The van der Waals surface area contributed by atoms with Crippen LogP contribution in [0.1, 0.15) is 5.82 Å². The first-order valence-electron chi connectivity index (χ1n) is 7.59. The number of hydrogen-bond acceptors (Lipinski definition) is 6. The van der Waals surface area contributed by atoms with Gasteiger partial charge in [-0.2, -0.15) is 13.2 Å². The van der Waals surface area contributed by atoms with Gasteiger partial charge in [0.25, 0.3) is 0 Å². The third kappa shape index (κ3) is 4.21. The molecule has 1 amide bonds. The highest BCUT2D eigenvalue weighted by Crippen LogP contribution is 2.31. The Balaban J connectivity index is 1.46. The Hall–Kier alpha value is -2.43.